The maximum Gasteiger partial charge on any atom is 0.622 e. The molecule has 0 saturated carbocycles. The van der Waals surface area contributed by atoms with E-state index in [9.17, 15) is 24.3 Å². The van der Waals surface area contributed by atoms with E-state index in [-0.39, 0.29) is 24.5 Å². The lowest BCUT2D eigenvalue weighted by atomic mass is 9.73. The first kappa shape index (κ1) is 30.8. The van der Waals surface area contributed by atoms with Crippen LogP contribution >= 0.6 is 0 Å². The first-order chi connectivity index (χ1) is 19.0. The molecule has 1 aliphatic heterocycles. The van der Waals surface area contributed by atoms with Crippen molar-refractivity contribution in [3.63, 3.8) is 0 Å². The molecule has 1 aromatic heterocycles. The molecule has 2 amide bonds. The highest BCUT2D eigenvalue weighted by molar-refractivity contribution is 6.51. The Morgan fingerprint density at radius 3 is 2.17 bits per heavy atom. The third kappa shape index (κ3) is 9.16. The van der Waals surface area contributed by atoms with Crippen LogP contribution in [0.4, 0.5) is 0 Å². The second-order valence-corrected chi connectivity index (χ2v) is 10.4. The largest absolute Gasteiger partial charge is 0.622 e. The van der Waals surface area contributed by atoms with Gasteiger partial charge in [0.05, 0.1) is 30.6 Å². The van der Waals surface area contributed by atoms with Crippen molar-refractivity contribution in [2.75, 3.05) is 20.1 Å². The van der Waals surface area contributed by atoms with Crippen LogP contribution in [-0.2, 0) is 23.7 Å². The van der Waals surface area contributed by atoms with Crippen molar-refractivity contribution >= 4 is 30.9 Å². The standard InChI is InChI=1S/C28H37BN4O7/c1-18(2)17-23(29-39-24(35)13-15-33(4)16-14-25(36)40-29)31-28(38)26(19(3)34)32-27(37)22-12-8-11-21(30-22)20-9-6-5-7-10-20/h5-12,18-19,23,26,34H,13-17H2,1-4H3,(H,31,38)(H,32,37)/t19-,23+,26+/m1/s1. The summed E-state index contributed by atoms with van der Waals surface area (Å²) in [5.41, 5.74) is 1.47. The summed E-state index contributed by atoms with van der Waals surface area (Å²) in [6.07, 6.45) is -0.786. The van der Waals surface area contributed by atoms with Gasteiger partial charge < -0.3 is 29.9 Å². The summed E-state index contributed by atoms with van der Waals surface area (Å²) in [6.45, 7) is 6.00. The van der Waals surface area contributed by atoms with Gasteiger partial charge in [0.15, 0.2) is 0 Å². The summed E-state index contributed by atoms with van der Waals surface area (Å²) in [7, 11) is 0.434. The van der Waals surface area contributed by atoms with E-state index in [0.717, 1.165) is 5.56 Å². The number of aromatic nitrogens is 1. The number of amides is 2. The fraction of sp³-hybridized carbons (Fsp3) is 0.464. The Balaban J connectivity index is 1.77. The van der Waals surface area contributed by atoms with Crippen molar-refractivity contribution in [2.24, 2.45) is 5.92 Å². The Labute approximate surface area is 234 Å². The van der Waals surface area contributed by atoms with Crippen LogP contribution in [0, 0.1) is 5.92 Å². The molecule has 0 aliphatic carbocycles. The summed E-state index contributed by atoms with van der Waals surface area (Å²) in [6, 6.07) is 12.9. The van der Waals surface area contributed by atoms with Crippen molar-refractivity contribution in [1.82, 2.24) is 20.5 Å². The summed E-state index contributed by atoms with van der Waals surface area (Å²) in [5, 5.41) is 15.7. The zero-order valence-corrected chi connectivity index (χ0v) is 23.3. The van der Waals surface area contributed by atoms with E-state index in [0.29, 0.717) is 25.2 Å². The third-order valence-corrected chi connectivity index (χ3v) is 6.37. The van der Waals surface area contributed by atoms with E-state index in [1.165, 1.54) is 13.0 Å². The molecule has 11 nitrogen and oxygen atoms in total. The number of rotatable bonds is 9. The highest BCUT2D eigenvalue weighted by Gasteiger charge is 2.41. The fourth-order valence-corrected chi connectivity index (χ4v) is 4.21. The second-order valence-electron chi connectivity index (χ2n) is 10.4. The lowest BCUT2D eigenvalue weighted by molar-refractivity contribution is -0.142. The van der Waals surface area contributed by atoms with Gasteiger partial charge in [0, 0.05) is 18.7 Å². The van der Waals surface area contributed by atoms with Crippen LogP contribution in [0.25, 0.3) is 11.3 Å². The zero-order valence-electron chi connectivity index (χ0n) is 23.3. The maximum absolute atomic E-state index is 13.4. The number of aliphatic hydroxyl groups is 1. The molecule has 2 heterocycles. The van der Waals surface area contributed by atoms with E-state index in [4.69, 9.17) is 9.31 Å². The molecular weight excluding hydrogens is 515 g/mol. The molecule has 12 heteroatoms. The Morgan fingerprint density at radius 1 is 0.975 bits per heavy atom. The molecule has 3 atom stereocenters. The van der Waals surface area contributed by atoms with Gasteiger partial charge in [0.1, 0.15) is 11.7 Å². The highest BCUT2D eigenvalue weighted by atomic mass is 16.6. The average molecular weight is 552 g/mol. The normalized spacial score (nSPS) is 17.3. The number of hydrogen-bond acceptors (Lipinski definition) is 9. The minimum absolute atomic E-state index is 0.0220. The van der Waals surface area contributed by atoms with Crippen LogP contribution < -0.4 is 10.6 Å². The van der Waals surface area contributed by atoms with Gasteiger partial charge in [-0.1, -0.05) is 50.2 Å². The molecule has 0 spiro atoms. The van der Waals surface area contributed by atoms with E-state index >= 15 is 0 Å². The van der Waals surface area contributed by atoms with Gasteiger partial charge in [-0.25, -0.2) is 4.98 Å². The van der Waals surface area contributed by atoms with Gasteiger partial charge in [-0.05, 0) is 38.4 Å². The minimum Gasteiger partial charge on any atom is -0.498 e. The predicted octanol–water partition coefficient (Wildman–Crippen LogP) is 1.60. The molecule has 3 N–H and O–H groups in total. The number of nitrogens with one attached hydrogen (secondary N) is 2. The van der Waals surface area contributed by atoms with Crippen molar-refractivity contribution in [3.8, 4) is 11.3 Å². The third-order valence-electron chi connectivity index (χ3n) is 6.37. The summed E-state index contributed by atoms with van der Waals surface area (Å²) < 4.78 is 10.9. The number of benzene rings is 1. The van der Waals surface area contributed by atoms with Gasteiger partial charge in [-0.15, -0.1) is 0 Å². The summed E-state index contributed by atoms with van der Waals surface area (Å²) in [4.78, 5) is 57.6. The van der Waals surface area contributed by atoms with E-state index < -0.39 is 49.0 Å². The maximum atomic E-state index is 13.4. The predicted molar refractivity (Wildman–Crippen MR) is 149 cm³/mol. The first-order valence-electron chi connectivity index (χ1n) is 13.4. The SMILES string of the molecule is CC(C)C[C@H](NC(=O)[C@@H](NC(=O)c1cccc(-c2ccccc2)n1)[C@@H](C)O)B1OC(=O)CCN(C)CCC(=O)O1. The molecular formula is C28H37BN4O7. The molecule has 0 radical (unpaired) electrons. The Hall–Kier alpha value is -3.77. The fourth-order valence-electron chi connectivity index (χ4n) is 4.21. The molecule has 0 bridgehead atoms. The second kappa shape index (κ2) is 14.6. The number of aliphatic hydroxyl groups excluding tert-OH is 1. The van der Waals surface area contributed by atoms with Crippen molar-refractivity contribution in [3.05, 3.63) is 54.2 Å². The van der Waals surface area contributed by atoms with Gasteiger partial charge in [-0.3, -0.25) is 19.2 Å². The summed E-state index contributed by atoms with van der Waals surface area (Å²) in [5.74, 6) is -3.40. The van der Waals surface area contributed by atoms with Gasteiger partial charge in [0.25, 0.3) is 17.8 Å². The lowest BCUT2D eigenvalue weighted by Crippen LogP contribution is -2.59. The van der Waals surface area contributed by atoms with Crippen LogP contribution in [0.1, 0.15) is 50.5 Å². The number of carbonyl (C=O) groups is 4. The number of carbonyl (C=O) groups excluding carboxylic acids is 4. The zero-order chi connectivity index (χ0) is 29.2. The Bertz CT molecular complexity index is 1160. The minimum atomic E-state index is -1.36. The molecule has 1 aliphatic rings. The van der Waals surface area contributed by atoms with Crippen LogP contribution in [-0.4, -0.2) is 84.1 Å². The molecule has 1 aromatic carbocycles. The van der Waals surface area contributed by atoms with Crippen LogP contribution in [0.15, 0.2) is 48.5 Å². The Kier molecular flexibility index (Phi) is 11.2. The van der Waals surface area contributed by atoms with Crippen molar-refractivity contribution in [2.45, 2.75) is 58.1 Å². The highest BCUT2D eigenvalue weighted by Crippen LogP contribution is 2.17. The lowest BCUT2D eigenvalue weighted by Gasteiger charge is -2.29. The smallest absolute Gasteiger partial charge is 0.498 e. The molecule has 40 heavy (non-hydrogen) atoms. The van der Waals surface area contributed by atoms with E-state index in [1.54, 1.807) is 19.2 Å². The topological polar surface area (TPSA) is 147 Å². The quantitative estimate of drug-likeness (QED) is 0.395. The average Bonchev–Trinajstić information content (AvgIpc) is 2.92. The Morgan fingerprint density at radius 2 is 1.60 bits per heavy atom. The van der Waals surface area contributed by atoms with E-state index in [1.807, 2.05) is 49.1 Å². The van der Waals surface area contributed by atoms with Gasteiger partial charge >= 0.3 is 7.12 Å². The number of pyridine rings is 1. The van der Waals surface area contributed by atoms with E-state index in [2.05, 4.69) is 15.6 Å². The first-order valence-corrected chi connectivity index (χ1v) is 13.4. The molecule has 1 fully saturated rings. The number of hydrogen-bond donors (Lipinski definition) is 3. The monoisotopic (exact) mass is 552 g/mol. The molecule has 1 saturated heterocycles. The van der Waals surface area contributed by atoms with Crippen molar-refractivity contribution in [1.29, 1.82) is 0 Å². The number of nitrogens with zero attached hydrogens (tertiary/aromatic N) is 2. The molecule has 2 aromatic rings. The van der Waals surface area contributed by atoms with Crippen molar-refractivity contribution < 1.29 is 33.6 Å². The summed E-state index contributed by atoms with van der Waals surface area (Å²) >= 11 is 0. The van der Waals surface area contributed by atoms with Crippen LogP contribution in [0.2, 0.25) is 0 Å². The van der Waals surface area contributed by atoms with Gasteiger partial charge in [-0.2, -0.15) is 0 Å². The molecule has 0 unspecified atom stereocenters. The van der Waals surface area contributed by atoms with Gasteiger partial charge in [0.2, 0.25) is 5.91 Å². The van der Waals surface area contributed by atoms with Crippen LogP contribution in [0.3, 0.4) is 0 Å². The molecule has 214 valence electrons. The molecule has 3 rings (SSSR count). The van der Waals surface area contributed by atoms with Crippen LogP contribution in [0.5, 0.6) is 0 Å².